The summed E-state index contributed by atoms with van der Waals surface area (Å²) in [6.07, 6.45) is -11.0. The predicted molar refractivity (Wildman–Crippen MR) is 74.5 cm³/mol. The zero-order valence-electron chi connectivity index (χ0n) is 13.6. The third kappa shape index (κ3) is 4.83. The van der Waals surface area contributed by atoms with Gasteiger partial charge in [-0.15, -0.1) is 11.3 Å². The first-order valence-corrected chi connectivity index (χ1v) is 7.88. The topological polar surface area (TPSA) is 18.5 Å². The van der Waals surface area contributed by atoms with Gasteiger partial charge in [0.15, 0.2) is 0 Å². The van der Waals surface area contributed by atoms with E-state index in [1.807, 2.05) is 0 Å². The van der Waals surface area contributed by atoms with Crippen molar-refractivity contribution in [3.63, 3.8) is 0 Å². The highest BCUT2D eigenvalue weighted by atomic mass is 32.1. The van der Waals surface area contributed by atoms with Crippen LogP contribution >= 0.6 is 11.3 Å². The smallest absolute Gasteiger partial charge is 0.230 e. The molecule has 0 aliphatic carbocycles. The Morgan fingerprint density at radius 3 is 1.85 bits per heavy atom. The van der Waals surface area contributed by atoms with Crippen LogP contribution in [0.4, 0.5) is 39.5 Å². The summed E-state index contributed by atoms with van der Waals surface area (Å²) in [5, 5.41) is 1.35. The largest absolute Gasteiger partial charge is 0.460 e. The lowest BCUT2D eigenvalue weighted by atomic mass is 9.98. The molecule has 1 rings (SSSR count). The van der Waals surface area contributed by atoms with Crippen LogP contribution in [0.2, 0.25) is 0 Å². The number of alkyl halides is 9. The molecule has 26 heavy (non-hydrogen) atoms. The molecule has 1 atom stereocenters. The molecule has 12 heteroatoms. The zero-order valence-corrected chi connectivity index (χ0v) is 14.5. The van der Waals surface area contributed by atoms with Crippen molar-refractivity contribution in [2.24, 2.45) is 0 Å². The van der Waals surface area contributed by atoms with Crippen LogP contribution in [0.5, 0.6) is 0 Å². The lowest BCUT2D eigenvalue weighted by Crippen LogP contribution is -2.61. The van der Waals surface area contributed by atoms with E-state index in [2.05, 4.69) is 4.89 Å². The Morgan fingerprint density at radius 1 is 0.923 bits per heavy atom. The van der Waals surface area contributed by atoms with Gasteiger partial charge in [-0.2, -0.15) is 39.5 Å². The Bertz CT molecular complexity index is 576. The summed E-state index contributed by atoms with van der Waals surface area (Å²) in [6.45, 7) is 4.26. The summed E-state index contributed by atoms with van der Waals surface area (Å²) in [5.74, 6) is -19.4. The van der Waals surface area contributed by atoms with Crippen LogP contribution in [0.15, 0.2) is 17.5 Å². The molecule has 152 valence electrons. The maximum atomic E-state index is 13.8. The van der Waals surface area contributed by atoms with Crippen molar-refractivity contribution in [1.82, 2.24) is 0 Å². The van der Waals surface area contributed by atoms with Crippen molar-refractivity contribution >= 4 is 11.3 Å². The molecule has 0 aliphatic heterocycles. The summed E-state index contributed by atoms with van der Waals surface area (Å²) in [4.78, 5) is 9.29. The van der Waals surface area contributed by atoms with Crippen LogP contribution in [-0.2, 0) is 9.78 Å². The normalized spacial score (nSPS) is 16.0. The highest BCUT2D eigenvalue weighted by Crippen LogP contribution is 2.55. The Morgan fingerprint density at radius 2 is 1.46 bits per heavy atom. The molecular formula is C14H15F9O2S. The monoisotopic (exact) mass is 418 g/mol. The first-order chi connectivity index (χ1) is 11.4. The van der Waals surface area contributed by atoms with Crippen LogP contribution < -0.4 is 0 Å². The molecule has 1 aromatic rings. The fraction of sp³-hybridized carbons (Fsp3) is 0.714. The Balaban J connectivity index is 3.15. The highest BCUT2D eigenvalue weighted by molar-refractivity contribution is 7.10. The minimum Gasteiger partial charge on any atom is -0.230 e. The van der Waals surface area contributed by atoms with Gasteiger partial charge in [0.25, 0.3) is 0 Å². The van der Waals surface area contributed by atoms with E-state index in [9.17, 15) is 39.5 Å². The fourth-order valence-electron chi connectivity index (χ4n) is 1.63. The fourth-order valence-corrected chi connectivity index (χ4v) is 2.37. The van der Waals surface area contributed by atoms with Gasteiger partial charge in [-0.3, -0.25) is 0 Å². The molecule has 0 saturated heterocycles. The van der Waals surface area contributed by atoms with E-state index in [4.69, 9.17) is 4.89 Å². The summed E-state index contributed by atoms with van der Waals surface area (Å²) >= 11 is 0.753. The van der Waals surface area contributed by atoms with Gasteiger partial charge in [0.1, 0.15) is 6.10 Å². The van der Waals surface area contributed by atoms with Crippen molar-refractivity contribution < 1.29 is 49.3 Å². The molecule has 1 heterocycles. The average molecular weight is 418 g/mol. The lowest BCUT2D eigenvalue weighted by Gasteiger charge is -2.35. The lowest BCUT2D eigenvalue weighted by molar-refractivity contribution is -0.412. The summed E-state index contributed by atoms with van der Waals surface area (Å²) in [6, 6.07) is 2.49. The van der Waals surface area contributed by atoms with Gasteiger partial charge in [-0.1, -0.05) is 6.07 Å². The standard InChI is InChI=1S/C14H15F9O2S/c1-10(2,3)25-24-8(9-5-4-6-26-9)7-11(15,16)12(17,18)13(19,20)14(21,22)23/h4-6,8H,7H2,1-3H3. The minimum atomic E-state index is -6.94. The number of thiophene rings is 1. The molecule has 0 amide bonds. The van der Waals surface area contributed by atoms with E-state index in [1.165, 1.54) is 32.2 Å². The van der Waals surface area contributed by atoms with Crippen molar-refractivity contribution in [1.29, 1.82) is 0 Å². The molecule has 0 aliphatic rings. The Hall–Kier alpha value is -1.01. The molecule has 1 aromatic heterocycles. The maximum absolute atomic E-state index is 13.8. The van der Waals surface area contributed by atoms with E-state index in [0.29, 0.717) is 0 Å². The first-order valence-electron chi connectivity index (χ1n) is 7.00. The SMILES string of the molecule is CC(C)(C)OOC(CC(F)(F)C(F)(F)C(F)(F)C(F)(F)F)c1cccs1. The van der Waals surface area contributed by atoms with Crippen LogP contribution in [0.1, 0.15) is 38.2 Å². The van der Waals surface area contributed by atoms with Gasteiger partial charge in [-0.05, 0) is 32.2 Å². The zero-order chi connectivity index (χ0) is 20.6. The van der Waals surface area contributed by atoms with Gasteiger partial charge in [-0.25, -0.2) is 9.78 Å². The van der Waals surface area contributed by atoms with Gasteiger partial charge in [0.2, 0.25) is 0 Å². The van der Waals surface area contributed by atoms with E-state index in [-0.39, 0.29) is 4.88 Å². The van der Waals surface area contributed by atoms with Crippen molar-refractivity contribution in [2.75, 3.05) is 0 Å². The van der Waals surface area contributed by atoms with Crippen LogP contribution in [-0.4, -0.2) is 29.5 Å². The van der Waals surface area contributed by atoms with Crippen molar-refractivity contribution in [2.45, 2.75) is 62.8 Å². The van der Waals surface area contributed by atoms with Gasteiger partial charge in [0, 0.05) is 4.88 Å². The number of halogens is 9. The molecule has 0 radical (unpaired) electrons. The van der Waals surface area contributed by atoms with E-state index in [0.717, 1.165) is 17.4 Å². The third-order valence-electron chi connectivity index (χ3n) is 2.93. The number of rotatable bonds is 7. The molecule has 0 fully saturated rings. The Labute approximate surface area is 146 Å². The predicted octanol–water partition coefficient (Wildman–Crippen LogP) is 6.39. The minimum absolute atomic E-state index is 0.111. The molecule has 0 spiro atoms. The molecular weight excluding hydrogens is 403 g/mol. The van der Waals surface area contributed by atoms with Crippen LogP contribution in [0, 0.1) is 0 Å². The van der Waals surface area contributed by atoms with Gasteiger partial charge in [0.05, 0.1) is 12.0 Å². The van der Waals surface area contributed by atoms with Crippen molar-refractivity contribution in [3.8, 4) is 0 Å². The second kappa shape index (κ2) is 7.19. The third-order valence-corrected chi connectivity index (χ3v) is 3.89. The summed E-state index contributed by atoms with van der Waals surface area (Å²) in [7, 11) is 0. The van der Waals surface area contributed by atoms with Crippen LogP contribution in [0.3, 0.4) is 0 Å². The summed E-state index contributed by atoms with van der Waals surface area (Å²) in [5.41, 5.74) is -1.08. The molecule has 1 unspecified atom stereocenters. The van der Waals surface area contributed by atoms with Crippen molar-refractivity contribution in [3.05, 3.63) is 22.4 Å². The van der Waals surface area contributed by atoms with Gasteiger partial charge >= 0.3 is 23.9 Å². The first kappa shape index (κ1) is 23.0. The molecule has 2 nitrogen and oxygen atoms in total. The number of hydrogen-bond acceptors (Lipinski definition) is 3. The van der Waals surface area contributed by atoms with Gasteiger partial charge < -0.3 is 0 Å². The molecule has 0 N–H and O–H groups in total. The molecule has 0 bridgehead atoms. The maximum Gasteiger partial charge on any atom is 0.460 e. The second-order valence-electron chi connectivity index (χ2n) is 6.35. The molecule has 0 aromatic carbocycles. The van der Waals surface area contributed by atoms with E-state index < -0.39 is 42.1 Å². The van der Waals surface area contributed by atoms with Crippen LogP contribution in [0.25, 0.3) is 0 Å². The van der Waals surface area contributed by atoms with E-state index in [1.54, 1.807) is 0 Å². The molecule has 0 saturated carbocycles. The Kier molecular flexibility index (Phi) is 6.37. The quantitative estimate of drug-likeness (QED) is 0.290. The average Bonchev–Trinajstić information content (AvgIpc) is 2.94. The second-order valence-corrected chi connectivity index (χ2v) is 7.33. The highest BCUT2D eigenvalue weighted by Gasteiger charge is 2.81. The summed E-state index contributed by atoms with van der Waals surface area (Å²) < 4.78 is 117. The number of hydrogen-bond donors (Lipinski definition) is 0. The van der Waals surface area contributed by atoms with E-state index >= 15 is 0 Å².